The van der Waals surface area contributed by atoms with E-state index in [0.717, 1.165) is 5.56 Å². The third kappa shape index (κ3) is 3.49. The molecule has 3 aromatic heterocycles. The highest BCUT2D eigenvalue weighted by Crippen LogP contribution is 2.17. The van der Waals surface area contributed by atoms with Crippen LogP contribution in [0.4, 0.5) is 0 Å². The standard InChI is InChI=1S/C15H16N4O4/c1-16-15(20)12-4-3-11(22-12)7-19(2)8-13-17-14(18-23-13)10-5-6-21-9-10/h3-6,9H,7-8H2,1-2H3,(H,16,20). The van der Waals surface area contributed by atoms with Gasteiger partial charge in [-0.1, -0.05) is 5.16 Å². The molecule has 0 aliphatic carbocycles. The summed E-state index contributed by atoms with van der Waals surface area (Å²) in [5.41, 5.74) is 0.768. The van der Waals surface area contributed by atoms with E-state index in [1.54, 1.807) is 37.8 Å². The van der Waals surface area contributed by atoms with Crippen molar-refractivity contribution in [2.45, 2.75) is 13.1 Å². The second-order valence-corrected chi connectivity index (χ2v) is 5.04. The SMILES string of the molecule is CNC(=O)c1ccc(CN(C)Cc2nc(-c3ccoc3)no2)o1. The van der Waals surface area contributed by atoms with Crippen molar-refractivity contribution in [3.63, 3.8) is 0 Å². The van der Waals surface area contributed by atoms with E-state index in [2.05, 4.69) is 15.5 Å². The highest BCUT2D eigenvalue weighted by molar-refractivity contribution is 5.91. The van der Waals surface area contributed by atoms with Gasteiger partial charge in [-0.2, -0.15) is 4.98 Å². The van der Waals surface area contributed by atoms with Gasteiger partial charge in [0.1, 0.15) is 12.0 Å². The molecule has 0 unspecified atom stereocenters. The molecule has 0 saturated heterocycles. The fourth-order valence-electron chi connectivity index (χ4n) is 2.09. The van der Waals surface area contributed by atoms with Gasteiger partial charge in [0, 0.05) is 7.05 Å². The average Bonchev–Trinajstić information content (AvgIpc) is 3.27. The molecular formula is C15H16N4O4. The van der Waals surface area contributed by atoms with Gasteiger partial charge < -0.3 is 18.7 Å². The van der Waals surface area contributed by atoms with E-state index in [-0.39, 0.29) is 11.7 Å². The number of hydrogen-bond acceptors (Lipinski definition) is 7. The van der Waals surface area contributed by atoms with Gasteiger partial charge in [-0.15, -0.1) is 0 Å². The molecule has 0 atom stereocenters. The number of carbonyl (C=O) groups is 1. The molecular weight excluding hydrogens is 300 g/mol. The second-order valence-electron chi connectivity index (χ2n) is 5.04. The molecule has 0 aliphatic rings. The number of amides is 1. The number of carbonyl (C=O) groups excluding carboxylic acids is 1. The van der Waals surface area contributed by atoms with Crippen LogP contribution in [-0.2, 0) is 13.1 Å². The molecule has 1 N–H and O–H groups in total. The zero-order chi connectivity index (χ0) is 16.2. The summed E-state index contributed by atoms with van der Waals surface area (Å²) >= 11 is 0. The van der Waals surface area contributed by atoms with Gasteiger partial charge >= 0.3 is 0 Å². The molecule has 8 nitrogen and oxygen atoms in total. The first-order chi connectivity index (χ1) is 11.2. The molecule has 0 bridgehead atoms. The van der Waals surface area contributed by atoms with Gasteiger partial charge in [-0.05, 0) is 25.2 Å². The number of nitrogens with zero attached hydrogens (tertiary/aromatic N) is 3. The van der Waals surface area contributed by atoms with E-state index in [1.807, 2.05) is 11.9 Å². The van der Waals surface area contributed by atoms with E-state index in [0.29, 0.717) is 30.6 Å². The Morgan fingerprint density at radius 2 is 2.17 bits per heavy atom. The molecule has 3 heterocycles. The van der Waals surface area contributed by atoms with Crippen molar-refractivity contribution in [3.8, 4) is 11.4 Å². The quantitative estimate of drug-likeness (QED) is 0.741. The average molecular weight is 316 g/mol. The fraction of sp³-hybridized carbons (Fsp3) is 0.267. The van der Waals surface area contributed by atoms with E-state index in [1.165, 1.54) is 0 Å². The van der Waals surface area contributed by atoms with Crippen LogP contribution < -0.4 is 5.32 Å². The molecule has 8 heteroatoms. The topological polar surface area (TPSA) is 97.5 Å². The van der Waals surface area contributed by atoms with Crippen LogP contribution in [-0.4, -0.2) is 35.0 Å². The van der Waals surface area contributed by atoms with Gasteiger partial charge in [0.25, 0.3) is 5.91 Å². The fourth-order valence-corrected chi connectivity index (χ4v) is 2.09. The van der Waals surface area contributed by atoms with Gasteiger partial charge in [-0.25, -0.2) is 0 Å². The van der Waals surface area contributed by atoms with Crippen molar-refractivity contribution in [3.05, 3.63) is 48.1 Å². The normalized spacial score (nSPS) is 11.1. The minimum atomic E-state index is -0.249. The monoisotopic (exact) mass is 316 g/mol. The Kier molecular flexibility index (Phi) is 4.24. The third-order valence-electron chi connectivity index (χ3n) is 3.19. The van der Waals surface area contributed by atoms with Gasteiger partial charge in [-0.3, -0.25) is 9.69 Å². The van der Waals surface area contributed by atoms with E-state index < -0.39 is 0 Å². The molecule has 120 valence electrons. The summed E-state index contributed by atoms with van der Waals surface area (Å²) in [6.45, 7) is 0.973. The molecule has 0 fully saturated rings. The zero-order valence-corrected chi connectivity index (χ0v) is 12.8. The van der Waals surface area contributed by atoms with Crippen molar-refractivity contribution < 1.29 is 18.2 Å². The Morgan fingerprint density at radius 3 is 2.91 bits per heavy atom. The van der Waals surface area contributed by atoms with Crippen molar-refractivity contribution in [1.29, 1.82) is 0 Å². The summed E-state index contributed by atoms with van der Waals surface area (Å²) in [4.78, 5) is 17.7. The number of rotatable bonds is 6. The smallest absolute Gasteiger partial charge is 0.286 e. The number of nitrogens with one attached hydrogen (secondary N) is 1. The highest BCUT2D eigenvalue weighted by atomic mass is 16.5. The molecule has 3 aromatic rings. The summed E-state index contributed by atoms with van der Waals surface area (Å²) in [5.74, 6) is 1.70. The minimum absolute atomic E-state index is 0.249. The first kappa shape index (κ1) is 15.0. The van der Waals surface area contributed by atoms with Gasteiger partial charge in [0.05, 0.1) is 24.9 Å². The number of hydrogen-bond donors (Lipinski definition) is 1. The van der Waals surface area contributed by atoms with Crippen LogP contribution in [0.3, 0.4) is 0 Å². The lowest BCUT2D eigenvalue weighted by Crippen LogP contribution is -2.18. The van der Waals surface area contributed by atoms with Crippen molar-refractivity contribution >= 4 is 5.91 Å². The highest BCUT2D eigenvalue weighted by Gasteiger charge is 2.14. The molecule has 0 spiro atoms. The predicted molar refractivity (Wildman–Crippen MR) is 79.3 cm³/mol. The Labute approximate surface area is 132 Å². The Balaban J connectivity index is 1.60. The lowest BCUT2D eigenvalue weighted by Gasteiger charge is -2.11. The van der Waals surface area contributed by atoms with E-state index in [4.69, 9.17) is 13.4 Å². The maximum atomic E-state index is 11.5. The van der Waals surface area contributed by atoms with E-state index in [9.17, 15) is 4.79 Å². The minimum Gasteiger partial charge on any atom is -0.472 e. The van der Waals surface area contributed by atoms with Crippen LogP contribution in [0, 0.1) is 0 Å². The van der Waals surface area contributed by atoms with Crippen LogP contribution in [0.25, 0.3) is 11.4 Å². The maximum absolute atomic E-state index is 11.5. The van der Waals surface area contributed by atoms with Crippen LogP contribution in [0.2, 0.25) is 0 Å². The van der Waals surface area contributed by atoms with Crippen molar-refractivity contribution in [2.24, 2.45) is 0 Å². The molecule has 0 aromatic carbocycles. The largest absolute Gasteiger partial charge is 0.472 e. The lowest BCUT2D eigenvalue weighted by atomic mass is 10.3. The molecule has 1 amide bonds. The summed E-state index contributed by atoms with van der Waals surface area (Å²) in [6.07, 6.45) is 3.11. The van der Waals surface area contributed by atoms with Crippen molar-refractivity contribution in [2.75, 3.05) is 14.1 Å². The summed E-state index contributed by atoms with van der Waals surface area (Å²) in [6, 6.07) is 5.18. The molecule has 0 aliphatic heterocycles. The Bertz CT molecular complexity index is 775. The van der Waals surface area contributed by atoms with Gasteiger partial charge in [0.2, 0.25) is 11.7 Å². The molecule has 23 heavy (non-hydrogen) atoms. The predicted octanol–water partition coefficient (Wildman–Crippen LogP) is 1.91. The Hall–Kier alpha value is -2.87. The molecule has 0 saturated carbocycles. The van der Waals surface area contributed by atoms with Crippen molar-refractivity contribution in [1.82, 2.24) is 20.4 Å². The summed E-state index contributed by atoms with van der Waals surface area (Å²) < 4.78 is 15.7. The summed E-state index contributed by atoms with van der Waals surface area (Å²) in [7, 11) is 3.45. The number of aromatic nitrogens is 2. The zero-order valence-electron chi connectivity index (χ0n) is 12.8. The van der Waals surface area contributed by atoms with E-state index >= 15 is 0 Å². The van der Waals surface area contributed by atoms with Crippen LogP contribution >= 0.6 is 0 Å². The van der Waals surface area contributed by atoms with Crippen LogP contribution in [0.1, 0.15) is 22.2 Å². The first-order valence-corrected chi connectivity index (χ1v) is 7.00. The van der Waals surface area contributed by atoms with Gasteiger partial charge in [0.15, 0.2) is 5.76 Å². The van der Waals surface area contributed by atoms with Crippen LogP contribution in [0.15, 0.2) is 44.1 Å². The lowest BCUT2D eigenvalue weighted by molar-refractivity contribution is 0.0931. The first-order valence-electron chi connectivity index (χ1n) is 7.00. The molecule has 0 radical (unpaired) electrons. The third-order valence-corrected chi connectivity index (χ3v) is 3.19. The maximum Gasteiger partial charge on any atom is 0.286 e. The van der Waals surface area contributed by atoms with Crippen LogP contribution in [0.5, 0.6) is 0 Å². The molecule has 3 rings (SSSR count). The summed E-state index contributed by atoms with van der Waals surface area (Å²) in [5, 5.41) is 6.42. The number of furan rings is 2. The Morgan fingerprint density at radius 1 is 1.30 bits per heavy atom. The second kappa shape index (κ2) is 6.49.